The lowest BCUT2D eigenvalue weighted by Gasteiger charge is -2.06. The summed E-state index contributed by atoms with van der Waals surface area (Å²) in [7, 11) is 3.55. The summed E-state index contributed by atoms with van der Waals surface area (Å²) in [6, 6.07) is 9.76. The van der Waals surface area contributed by atoms with Crippen molar-refractivity contribution in [3.8, 4) is 22.6 Å². The third-order valence-corrected chi connectivity index (χ3v) is 3.98. The molecule has 0 radical (unpaired) electrons. The van der Waals surface area contributed by atoms with Gasteiger partial charge in [0.25, 0.3) is 0 Å². The maximum atomic E-state index is 6.18. The van der Waals surface area contributed by atoms with Crippen LogP contribution in [0.3, 0.4) is 0 Å². The second kappa shape index (κ2) is 6.84. The molecule has 0 saturated heterocycles. The zero-order valence-corrected chi connectivity index (χ0v) is 14.5. The van der Waals surface area contributed by atoms with Crippen LogP contribution in [0.4, 0.5) is 5.95 Å². The molecule has 2 heterocycles. The molecule has 0 unspecified atom stereocenters. The smallest absolute Gasteiger partial charge is 0.222 e. The highest BCUT2D eigenvalue weighted by Crippen LogP contribution is 2.31. The van der Waals surface area contributed by atoms with Gasteiger partial charge in [0.05, 0.1) is 17.1 Å². The lowest BCUT2D eigenvalue weighted by atomic mass is 10.0. The van der Waals surface area contributed by atoms with Gasteiger partial charge in [-0.05, 0) is 36.8 Å². The second-order valence-electron chi connectivity index (χ2n) is 5.38. The molecule has 0 amide bonds. The topological polar surface area (TPSA) is 66.0 Å². The van der Waals surface area contributed by atoms with Gasteiger partial charge in [-0.2, -0.15) is 0 Å². The fourth-order valence-corrected chi connectivity index (χ4v) is 2.74. The van der Waals surface area contributed by atoms with E-state index in [1.54, 1.807) is 20.3 Å². The van der Waals surface area contributed by atoms with Gasteiger partial charge in [-0.1, -0.05) is 17.7 Å². The minimum absolute atomic E-state index is 0.577. The Kier molecular flexibility index (Phi) is 4.62. The van der Waals surface area contributed by atoms with E-state index in [9.17, 15) is 0 Å². The summed E-state index contributed by atoms with van der Waals surface area (Å²) in [6.07, 6.45) is 3.56. The number of H-pyrrole nitrogens is 1. The van der Waals surface area contributed by atoms with Crippen LogP contribution in [0.2, 0.25) is 5.02 Å². The standard InChI is InChI=1S/C18H18ClN5/c1-11-4-5-13(19)9-14(11)17-12(10-20-2)8-16(23-17)15-6-7-22-18(21-3)24-15/h4-10,23H,1-3H3,(H,21,22,24). The normalized spacial score (nSPS) is 11.2. The van der Waals surface area contributed by atoms with E-state index in [0.717, 1.165) is 33.8 Å². The van der Waals surface area contributed by atoms with Gasteiger partial charge in [-0.3, -0.25) is 4.99 Å². The predicted octanol–water partition coefficient (Wildman–Crippen LogP) is 4.19. The molecule has 0 aliphatic carbocycles. The number of hydrogen-bond donors (Lipinski definition) is 2. The van der Waals surface area contributed by atoms with Crippen molar-refractivity contribution in [2.45, 2.75) is 6.92 Å². The lowest BCUT2D eigenvalue weighted by Crippen LogP contribution is -1.96. The van der Waals surface area contributed by atoms with E-state index >= 15 is 0 Å². The van der Waals surface area contributed by atoms with E-state index < -0.39 is 0 Å². The molecule has 0 atom stereocenters. The molecule has 2 N–H and O–H groups in total. The van der Waals surface area contributed by atoms with Gasteiger partial charge in [0.1, 0.15) is 0 Å². The Labute approximate surface area is 145 Å². The summed E-state index contributed by atoms with van der Waals surface area (Å²) in [5, 5.41) is 3.65. The van der Waals surface area contributed by atoms with Crippen LogP contribution in [0.5, 0.6) is 0 Å². The number of nitrogens with one attached hydrogen (secondary N) is 2. The summed E-state index contributed by atoms with van der Waals surface area (Å²) in [5.41, 5.74) is 5.86. The molecular formula is C18H18ClN5. The van der Waals surface area contributed by atoms with Crippen molar-refractivity contribution in [3.63, 3.8) is 0 Å². The van der Waals surface area contributed by atoms with E-state index in [-0.39, 0.29) is 0 Å². The van der Waals surface area contributed by atoms with Crippen LogP contribution in [0.1, 0.15) is 11.1 Å². The quantitative estimate of drug-likeness (QED) is 0.700. The summed E-state index contributed by atoms with van der Waals surface area (Å²) in [6.45, 7) is 2.06. The van der Waals surface area contributed by atoms with Gasteiger partial charge >= 0.3 is 0 Å². The van der Waals surface area contributed by atoms with Crippen LogP contribution in [0.15, 0.2) is 41.5 Å². The molecule has 0 aliphatic rings. The molecule has 0 bridgehead atoms. The average molecular weight is 340 g/mol. The molecule has 0 fully saturated rings. The Bertz CT molecular complexity index is 898. The Morgan fingerprint density at radius 3 is 2.83 bits per heavy atom. The van der Waals surface area contributed by atoms with Crippen LogP contribution in [0.25, 0.3) is 22.6 Å². The number of anilines is 1. The maximum absolute atomic E-state index is 6.18. The molecule has 6 heteroatoms. The van der Waals surface area contributed by atoms with E-state index in [1.807, 2.05) is 36.5 Å². The first kappa shape index (κ1) is 16.2. The van der Waals surface area contributed by atoms with Crippen LogP contribution in [0, 0.1) is 6.92 Å². The van der Waals surface area contributed by atoms with Gasteiger partial charge in [0, 0.05) is 42.7 Å². The van der Waals surface area contributed by atoms with Crippen molar-refractivity contribution >= 4 is 23.8 Å². The molecular weight excluding hydrogens is 322 g/mol. The molecule has 0 spiro atoms. The molecule has 122 valence electrons. The number of nitrogens with zero attached hydrogens (tertiary/aromatic N) is 3. The Morgan fingerprint density at radius 2 is 2.08 bits per heavy atom. The molecule has 3 rings (SSSR count). The van der Waals surface area contributed by atoms with Gasteiger partial charge < -0.3 is 10.3 Å². The number of halogens is 1. The highest BCUT2D eigenvalue weighted by atomic mass is 35.5. The van der Waals surface area contributed by atoms with E-state index in [1.165, 1.54) is 0 Å². The highest BCUT2D eigenvalue weighted by Gasteiger charge is 2.13. The first-order chi connectivity index (χ1) is 11.6. The monoisotopic (exact) mass is 339 g/mol. The molecule has 5 nitrogen and oxygen atoms in total. The number of hydrogen-bond acceptors (Lipinski definition) is 4. The number of aryl methyl sites for hydroxylation is 1. The summed E-state index contributed by atoms with van der Waals surface area (Å²) < 4.78 is 0. The van der Waals surface area contributed by atoms with Gasteiger partial charge in [-0.15, -0.1) is 0 Å². The van der Waals surface area contributed by atoms with Crippen LogP contribution >= 0.6 is 11.6 Å². The van der Waals surface area contributed by atoms with Crippen LogP contribution < -0.4 is 5.32 Å². The van der Waals surface area contributed by atoms with Crippen LogP contribution in [-0.2, 0) is 0 Å². The van der Waals surface area contributed by atoms with E-state index in [4.69, 9.17) is 11.6 Å². The zero-order valence-electron chi connectivity index (χ0n) is 13.8. The SMILES string of the molecule is CN=Cc1cc(-c2ccnc(NC)n2)[nH]c1-c1cc(Cl)ccc1C. The fraction of sp³-hybridized carbons (Fsp3) is 0.167. The number of aromatic amines is 1. The molecule has 2 aromatic heterocycles. The molecule has 24 heavy (non-hydrogen) atoms. The number of aliphatic imine (C=N–C) groups is 1. The van der Waals surface area contributed by atoms with Crippen molar-refractivity contribution in [1.82, 2.24) is 15.0 Å². The third kappa shape index (κ3) is 3.16. The summed E-state index contributed by atoms with van der Waals surface area (Å²) in [4.78, 5) is 16.3. The zero-order chi connectivity index (χ0) is 17.1. The van der Waals surface area contributed by atoms with Crippen LogP contribution in [-0.4, -0.2) is 35.3 Å². The first-order valence-corrected chi connectivity index (χ1v) is 7.93. The largest absolute Gasteiger partial charge is 0.357 e. The van der Waals surface area contributed by atoms with E-state index in [2.05, 4.69) is 32.2 Å². The van der Waals surface area contributed by atoms with Crippen molar-refractivity contribution in [1.29, 1.82) is 0 Å². The average Bonchev–Trinajstić information content (AvgIpc) is 3.01. The Balaban J connectivity index is 2.16. The molecule has 0 saturated carbocycles. The molecule has 3 aromatic rings. The van der Waals surface area contributed by atoms with Crippen molar-refractivity contribution in [3.05, 3.63) is 52.7 Å². The molecule has 0 aliphatic heterocycles. The predicted molar refractivity (Wildman–Crippen MR) is 100 cm³/mol. The van der Waals surface area contributed by atoms with Crippen molar-refractivity contribution < 1.29 is 0 Å². The van der Waals surface area contributed by atoms with Crippen molar-refractivity contribution in [2.75, 3.05) is 19.4 Å². The Hall–Kier alpha value is -2.66. The summed E-state index contributed by atoms with van der Waals surface area (Å²) >= 11 is 6.18. The van der Waals surface area contributed by atoms with Gasteiger partial charge in [0.15, 0.2) is 0 Å². The number of benzene rings is 1. The molecule has 1 aromatic carbocycles. The Morgan fingerprint density at radius 1 is 1.25 bits per heavy atom. The summed E-state index contributed by atoms with van der Waals surface area (Å²) in [5.74, 6) is 0.577. The third-order valence-electron chi connectivity index (χ3n) is 3.74. The first-order valence-electron chi connectivity index (χ1n) is 7.55. The minimum atomic E-state index is 0.577. The number of rotatable bonds is 4. The second-order valence-corrected chi connectivity index (χ2v) is 5.81. The highest BCUT2D eigenvalue weighted by molar-refractivity contribution is 6.30. The lowest BCUT2D eigenvalue weighted by molar-refractivity contribution is 1.15. The fourth-order valence-electron chi connectivity index (χ4n) is 2.57. The van der Waals surface area contributed by atoms with Gasteiger partial charge in [-0.25, -0.2) is 9.97 Å². The maximum Gasteiger partial charge on any atom is 0.222 e. The van der Waals surface area contributed by atoms with Gasteiger partial charge in [0.2, 0.25) is 5.95 Å². The number of aromatic nitrogens is 3. The van der Waals surface area contributed by atoms with E-state index in [0.29, 0.717) is 11.0 Å². The van der Waals surface area contributed by atoms with Crippen molar-refractivity contribution in [2.24, 2.45) is 4.99 Å². The minimum Gasteiger partial charge on any atom is -0.357 e.